The molecule has 8 heteroatoms. The maximum Gasteiger partial charge on any atom is 0.414 e. The molecule has 1 aromatic heterocycles. The van der Waals surface area contributed by atoms with Crippen LogP contribution < -0.4 is 10.2 Å². The molecular weight excluding hydrogens is 388 g/mol. The highest BCUT2D eigenvalue weighted by molar-refractivity contribution is 7.17. The van der Waals surface area contributed by atoms with Crippen molar-refractivity contribution in [3.63, 3.8) is 0 Å². The molecule has 1 saturated heterocycles. The van der Waals surface area contributed by atoms with E-state index in [1.807, 2.05) is 24.3 Å². The summed E-state index contributed by atoms with van der Waals surface area (Å²) in [6.45, 7) is 0.756. The standard InChI is InChI=1S/C19H19ClN2O4S/c20-16-6-5-15(27-16)17(24)21-9-14-10-22(18(25)26-14)13-3-1-12(2-4-13)19(11-23)7-8-19/h1-6,14,23H,7-11H2,(H,21,24). The summed E-state index contributed by atoms with van der Waals surface area (Å²) >= 11 is 7.04. The van der Waals surface area contributed by atoms with Crippen molar-refractivity contribution in [2.24, 2.45) is 0 Å². The molecule has 2 amide bonds. The van der Waals surface area contributed by atoms with Gasteiger partial charge in [0.15, 0.2) is 0 Å². The zero-order valence-electron chi connectivity index (χ0n) is 14.5. The van der Waals surface area contributed by atoms with Gasteiger partial charge in [0.05, 0.1) is 28.9 Å². The monoisotopic (exact) mass is 406 g/mol. The summed E-state index contributed by atoms with van der Waals surface area (Å²) in [5, 5.41) is 12.3. The van der Waals surface area contributed by atoms with Crippen LogP contribution in [0.1, 0.15) is 28.1 Å². The smallest absolute Gasteiger partial charge is 0.414 e. The van der Waals surface area contributed by atoms with Crippen LogP contribution in [0.5, 0.6) is 0 Å². The second-order valence-corrected chi connectivity index (χ2v) is 8.63. The highest BCUT2D eigenvalue weighted by atomic mass is 35.5. The third-order valence-corrected chi connectivity index (χ3v) is 6.34. The van der Waals surface area contributed by atoms with E-state index in [-0.39, 0.29) is 24.5 Å². The van der Waals surface area contributed by atoms with Gasteiger partial charge in [0.2, 0.25) is 0 Å². The van der Waals surface area contributed by atoms with Crippen molar-refractivity contribution >= 4 is 40.6 Å². The molecule has 1 atom stereocenters. The lowest BCUT2D eigenvalue weighted by Crippen LogP contribution is -2.34. The number of aliphatic hydroxyl groups excluding tert-OH is 1. The molecule has 4 rings (SSSR count). The number of cyclic esters (lactones) is 1. The van der Waals surface area contributed by atoms with Gasteiger partial charge in [-0.15, -0.1) is 11.3 Å². The zero-order chi connectivity index (χ0) is 19.0. The van der Waals surface area contributed by atoms with Crippen LogP contribution in [0.15, 0.2) is 36.4 Å². The second kappa shape index (κ2) is 7.14. The summed E-state index contributed by atoms with van der Waals surface area (Å²) in [7, 11) is 0. The zero-order valence-corrected chi connectivity index (χ0v) is 16.1. The first-order valence-corrected chi connectivity index (χ1v) is 9.93. The van der Waals surface area contributed by atoms with E-state index in [4.69, 9.17) is 16.3 Å². The number of hydrogen-bond acceptors (Lipinski definition) is 5. The van der Waals surface area contributed by atoms with Crippen LogP contribution in [-0.2, 0) is 10.2 Å². The fourth-order valence-electron chi connectivity index (χ4n) is 3.25. The highest BCUT2D eigenvalue weighted by Crippen LogP contribution is 2.47. The Morgan fingerprint density at radius 2 is 2.04 bits per heavy atom. The van der Waals surface area contributed by atoms with Gasteiger partial charge in [0.1, 0.15) is 6.10 Å². The quantitative estimate of drug-likeness (QED) is 0.772. The van der Waals surface area contributed by atoms with Crippen molar-refractivity contribution in [3.8, 4) is 0 Å². The Kier molecular flexibility index (Phi) is 4.84. The summed E-state index contributed by atoms with van der Waals surface area (Å²) in [6.07, 6.45) is 1.14. The minimum atomic E-state index is -0.426. The number of carbonyl (C=O) groups excluding carboxylic acids is 2. The van der Waals surface area contributed by atoms with E-state index in [2.05, 4.69) is 5.32 Å². The molecular formula is C19H19ClN2O4S. The molecule has 2 aromatic rings. The third kappa shape index (κ3) is 3.67. The average Bonchev–Trinajstić information content (AvgIpc) is 3.22. The van der Waals surface area contributed by atoms with Gasteiger partial charge in [-0.2, -0.15) is 0 Å². The van der Waals surface area contributed by atoms with Gasteiger partial charge >= 0.3 is 6.09 Å². The number of benzene rings is 1. The minimum absolute atomic E-state index is 0.0957. The number of anilines is 1. The normalized spacial score (nSPS) is 20.4. The van der Waals surface area contributed by atoms with Gasteiger partial charge < -0.3 is 15.2 Å². The lowest BCUT2D eigenvalue weighted by atomic mass is 9.97. The third-order valence-electron chi connectivity index (χ3n) is 5.11. The lowest BCUT2D eigenvalue weighted by molar-refractivity contribution is 0.0920. The molecule has 2 N–H and O–H groups in total. The topological polar surface area (TPSA) is 78.9 Å². The van der Waals surface area contributed by atoms with Crippen LogP contribution in [0, 0.1) is 0 Å². The Morgan fingerprint density at radius 1 is 1.30 bits per heavy atom. The largest absolute Gasteiger partial charge is 0.442 e. The Bertz CT molecular complexity index is 863. The first-order chi connectivity index (χ1) is 13.0. The van der Waals surface area contributed by atoms with Crippen LogP contribution in [0.3, 0.4) is 0 Å². The molecule has 27 heavy (non-hydrogen) atoms. The SMILES string of the molecule is O=C(NCC1CN(c2ccc(C3(CO)CC3)cc2)C(=O)O1)c1ccc(Cl)s1. The number of nitrogens with zero attached hydrogens (tertiary/aromatic N) is 1. The number of rotatable bonds is 6. The Balaban J connectivity index is 1.35. The van der Waals surface area contributed by atoms with Crippen molar-refractivity contribution < 1.29 is 19.4 Å². The van der Waals surface area contributed by atoms with Gasteiger partial charge in [-0.1, -0.05) is 23.7 Å². The molecule has 1 aromatic carbocycles. The number of carbonyl (C=O) groups is 2. The Labute approximate surface area is 165 Å². The summed E-state index contributed by atoms with van der Waals surface area (Å²) in [6, 6.07) is 11.0. The van der Waals surface area contributed by atoms with E-state index < -0.39 is 12.2 Å². The maximum atomic E-state index is 12.2. The summed E-state index contributed by atoms with van der Waals surface area (Å²) in [5.41, 5.74) is 1.75. The minimum Gasteiger partial charge on any atom is -0.442 e. The fraction of sp³-hybridized carbons (Fsp3) is 0.368. The van der Waals surface area contributed by atoms with Crippen LogP contribution in [-0.4, -0.2) is 42.9 Å². The number of nitrogens with one attached hydrogen (secondary N) is 1. The molecule has 0 bridgehead atoms. The molecule has 0 radical (unpaired) electrons. The van der Waals surface area contributed by atoms with E-state index in [0.29, 0.717) is 15.8 Å². The number of ether oxygens (including phenoxy) is 1. The number of amides is 2. The Hall–Kier alpha value is -2.09. The first-order valence-electron chi connectivity index (χ1n) is 8.74. The molecule has 1 saturated carbocycles. The van der Waals surface area contributed by atoms with Gasteiger partial charge in [-0.25, -0.2) is 4.79 Å². The number of halogens is 1. The van der Waals surface area contributed by atoms with Gasteiger partial charge in [-0.05, 0) is 42.7 Å². The molecule has 0 spiro atoms. The van der Waals surface area contributed by atoms with Gasteiger partial charge in [-0.3, -0.25) is 9.69 Å². The molecule has 2 fully saturated rings. The lowest BCUT2D eigenvalue weighted by Gasteiger charge is -2.16. The van der Waals surface area contributed by atoms with E-state index >= 15 is 0 Å². The Morgan fingerprint density at radius 3 is 2.63 bits per heavy atom. The van der Waals surface area contributed by atoms with Crippen molar-refractivity contribution in [2.75, 3.05) is 24.6 Å². The molecule has 142 valence electrons. The number of aliphatic hydroxyl groups is 1. The molecule has 1 aliphatic carbocycles. The summed E-state index contributed by atoms with van der Waals surface area (Å²) in [4.78, 5) is 26.3. The van der Waals surface area contributed by atoms with Crippen LogP contribution >= 0.6 is 22.9 Å². The van der Waals surface area contributed by atoms with Crippen molar-refractivity contribution in [3.05, 3.63) is 51.2 Å². The van der Waals surface area contributed by atoms with Crippen molar-refractivity contribution in [1.29, 1.82) is 0 Å². The number of hydrogen-bond donors (Lipinski definition) is 2. The molecule has 1 aliphatic heterocycles. The second-order valence-electron chi connectivity index (χ2n) is 6.92. The van der Waals surface area contributed by atoms with Crippen LogP contribution in [0.2, 0.25) is 4.34 Å². The average molecular weight is 407 g/mol. The maximum absolute atomic E-state index is 12.2. The molecule has 2 aliphatic rings. The highest BCUT2D eigenvalue weighted by Gasteiger charge is 2.43. The van der Waals surface area contributed by atoms with Crippen molar-refractivity contribution in [2.45, 2.75) is 24.4 Å². The number of thiophene rings is 1. The van der Waals surface area contributed by atoms with Crippen LogP contribution in [0.25, 0.3) is 0 Å². The molecule has 1 unspecified atom stereocenters. The van der Waals surface area contributed by atoms with Gasteiger partial charge in [0, 0.05) is 11.1 Å². The van der Waals surface area contributed by atoms with Gasteiger partial charge in [0.25, 0.3) is 5.91 Å². The summed E-state index contributed by atoms with van der Waals surface area (Å²) in [5.74, 6) is -0.232. The van der Waals surface area contributed by atoms with Crippen LogP contribution in [0.4, 0.5) is 10.5 Å². The molecule has 6 nitrogen and oxygen atoms in total. The van der Waals surface area contributed by atoms with E-state index in [1.165, 1.54) is 11.3 Å². The van der Waals surface area contributed by atoms with Crippen molar-refractivity contribution in [1.82, 2.24) is 5.32 Å². The molecule has 2 heterocycles. The predicted octanol–water partition coefficient (Wildman–Crippen LogP) is 3.18. The van der Waals surface area contributed by atoms with E-state index in [9.17, 15) is 14.7 Å². The van der Waals surface area contributed by atoms with E-state index in [0.717, 1.165) is 24.1 Å². The predicted molar refractivity (Wildman–Crippen MR) is 104 cm³/mol. The van der Waals surface area contributed by atoms with E-state index in [1.54, 1.807) is 17.0 Å². The fourth-order valence-corrected chi connectivity index (χ4v) is 4.21. The first kappa shape index (κ1) is 18.3. The summed E-state index contributed by atoms with van der Waals surface area (Å²) < 4.78 is 5.91.